The number of halogens is 1. The van der Waals surface area contributed by atoms with Gasteiger partial charge in [0.15, 0.2) is 0 Å². The lowest BCUT2D eigenvalue weighted by molar-refractivity contribution is 0.278. The Kier molecular flexibility index (Phi) is 3.41. The van der Waals surface area contributed by atoms with Crippen LogP contribution in [-0.4, -0.2) is 19.9 Å². The fourth-order valence-electron chi connectivity index (χ4n) is 1.83. The van der Waals surface area contributed by atoms with E-state index in [1.54, 1.807) is 17.1 Å². The van der Waals surface area contributed by atoms with Gasteiger partial charge in [0.25, 0.3) is 0 Å². The van der Waals surface area contributed by atoms with Crippen LogP contribution in [-0.2, 0) is 12.0 Å². The topological polar surface area (TPSA) is 50.9 Å². The molecule has 5 heteroatoms. The van der Waals surface area contributed by atoms with Gasteiger partial charge in [-0.25, -0.2) is 4.68 Å². The molecule has 0 aliphatic carbocycles. The van der Waals surface area contributed by atoms with E-state index in [2.05, 4.69) is 10.1 Å². The average Bonchev–Trinajstić information content (AvgIpc) is 2.67. The number of pyridine rings is 1. The summed E-state index contributed by atoms with van der Waals surface area (Å²) in [7, 11) is 0. The van der Waals surface area contributed by atoms with Gasteiger partial charge in [-0.3, -0.25) is 4.98 Å². The van der Waals surface area contributed by atoms with Crippen LogP contribution in [0.1, 0.15) is 32.0 Å². The fraction of sp³-hybridized carbons (Fsp3) is 0.385. The molecular weight excluding hydrogens is 250 g/mol. The van der Waals surface area contributed by atoms with Gasteiger partial charge in [0, 0.05) is 23.4 Å². The number of nitrogens with zero attached hydrogens (tertiary/aromatic N) is 3. The summed E-state index contributed by atoms with van der Waals surface area (Å²) in [5.74, 6) is 0. The van der Waals surface area contributed by atoms with Crippen LogP contribution in [0.5, 0.6) is 0 Å². The van der Waals surface area contributed by atoms with Crippen molar-refractivity contribution >= 4 is 11.6 Å². The van der Waals surface area contributed by atoms with Crippen molar-refractivity contribution in [2.24, 2.45) is 0 Å². The molecule has 0 aromatic carbocycles. The third-order valence-electron chi connectivity index (χ3n) is 2.70. The molecule has 1 N–H and O–H groups in total. The summed E-state index contributed by atoms with van der Waals surface area (Å²) >= 11 is 6.29. The second kappa shape index (κ2) is 4.71. The molecule has 96 valence electrons. The van der Waals surface area contributed by atoms with Crippen LogP contribution in [0.4, 0.5) is 0 Å². The zero-order valence-corrected chi connectivity index (χ0v) is 11.4. The normalized spacial score (nSPS) is 11.8. The second-order valence-electron chi connectivity index (χ2n) is 5.14. The molecular formula is C13H16ClN3O. The number of aliphatic hydroxyl groups excluding tert-OH is 1. The van der Waals surface area contributed by atoms with Crippen molar-refractivity contribution in [2.45, 2.75) is 32.8 Å². The molecule has 0 spiro atoms. The highest BCUT2D eigenvalue weighted by Crippen LogP contribution is 2.31. The zero-order valence-electron chi connectivity index (χ0n) is 10.7. The maximum absolute atomic E-state index is 9.47. The SMILES string of the molecule is CC(C)(C)c1nn(-c2ccncc2)c(Cl)c1CO. The Morgan fingerprint density at radius 1 is 1.28 bits per heavy atom. The van der Waals surface area contributed by atoms with Crippen molar-refractivity contribution in [1.29, 1.82) is 0 Å². The molecule has 0 bridgehead atoms. The summed E-state index contributed by atoms with van der Waals surface area (Å²) < 4.78 is 1.63. The first-order valence-corrected chi connectivity index (χ1v) is 6.12. The molecule has 0 amide bonds. The maximum atomic E-state index is 9.47. The van der Waals surface area contributed by atoms with Gasteiger partial charge in [-0.1, -0.05) is 32.4 Å². The lowest BCUT2D eigenvalue weighted by atomic mass is 9.90. The lowest BCUT2D eigenvalue weighted by Crippen LogP contribution is -2.14. The van der Waals surface area contributed by atoms with E-state index >= 15 is 0 Å². The van der Waals surface area contributed by atoms with E-state index in [1.807, 2.05) is 32.9 Å². The van der Waals surface area contributed by atoms with E-state index in [9.17, 15) is 5.11 Å². The molecule has 2 heterocycles. The molecule has 0 fully saturated rings. The number of aliphatic hydroxyl groups is 1. The third-order valence-corrected chi connectivity index (χ3v) is 3.08. The quantitative estimate of drug-likeness (QED) is 0.908. The predicted octanol–water partition coefficient (Wildman–Crippen LogP) is 2.71. The minimum atomic E-state index is -0.167. The van der Waals surface area contributed by atoms with Gasteiger partial charge in [-0.05, 0) is 12.1 Å². The summed E-state index contributed by atoms with van der Waals surface area (Å²) in [5.41, 5.74) is 2.16. The highest BCUT2D eigenvalue weighted by molar-refractivity contribution is 6.30. The van der Waals surface area contributed by atoms with Gasteiger partial charge in [0.05, 0.1) is 18.0 Å². The first kappa shape index (κ1) is 13.1. The Morgan fingerprint density at radius 3 is 2.33 bits per heavy atom. The van der Waals surface area contributed by atoms with E-state index in [1.165, 1.54) is 0 Å². The van der Waals surface area contributed by atoms with Gasteiger partial charge in [-0.15, -0.1) is 0 Å². The zero-order chi connectivity index (χ0) is 13.3. The molecule has 18 heavy (non-hydrogen) atoms. The molecule has 0 unspecified atom stereocenters. The number of rotatable bonds is 2. The lowest BCUT2D eigenvalue weighted by Gasteiger charge is -2.16. The van der Waals surface area contributed by atoms with Crippen LogP contribution in [0, 0.1) is 0 Å². The summed E-state index contributed by atoms with van der Waals surface area (Å²) in [5, 5.41) is 14.4. The largest absolute Gasteiger partial charge is 0.391 e. The van der Waals surface area contributed by atoms with Crippen LogP contribution < -0.4 is 0 Å². The number of hydrogen-bond acceptors (Lipinski definition) is 3. The Hall–Kier alpha value is -1.39. The third kappa shape index (κ3) is 2.26. The van der Waals surface area contributed by atoms with Crippen LogP contribution >= 0.6 is 11.6 Å². The van der Waals surface area contributed by atoms with E-state index in [4.69, 9.17) is 11.6 Å². The minimum absolute atomic E-state index is 0.115. The smallest absolute Gasteiger partial charge is 0.138 e. The van der Waals surface area contributed by atoms with Gasteiger partial charge < -0.3 is 5.11 Å². The molecule has 0 saturated heterocycles. The number of hydrogen-bond donors (Lipinski definition) is 1. The van der Waals surface area contributed by atoms with Gasteiger partial charge in [-0.2, -0.15) is 5.10 Å². The Morgan fingerprint density at radius 2 is 1.89 bits per heavy atom. The molecule has 2 aromatic heterocycles. The van der Waals surface area contributed by atoms with Crippen LogP contribution in [0.15, 0.2) is 24.5 Å². The van der Waals surface area contributed by atoms with E-state index in [0.717, 1.165) is 11.4 Å². The molecule has 4 nitrogen and oxygen atoms in total. The van der Waals surface area contributed by atoms with Gasteiger partial charge >= 0.3 is 0 Å². The van der Waals surface area contributed by atoms with Gasteiger partial charge in [0.1, 0.15) is 5.15 Å². The van der Waals surface area contributed by atoms with Gasteiger partial charge in [0.2, 0.25) is 0 Å². The summed E-state index contributed by atoms with van der Waals surface area (Å²) in [6.07, 6.45) is 3.37. The Balaban J connectivity index is 2.61. The minimum Gasteiger partial charge on any atom is -0.391 e. The van der Waals surface area contributed by atoms with Crippen molar-refractivity contribution in [3.05, 3.63) is 40.9 Å². The highest BCUT2D eigenvalue weighted by atomic mass is 35.5. The van der Waals surface area contributed by atoms with Crippen molar-refractivity contribution in [1.82, 2.24) is 14.8 Å². The van der Waals surface area contributed by atoms with E-state index in [-0.39, 0.29) is 12.0 Å². The van der Waals surface area contributed by atoms with Crippen LogP contribution in [0.25, 0.3) is 5.69 Å². The summed E-state index contributed by atoms with van der Waals surface area (Å²) in [6, 6.07) is 3.65. The van der Waals surface area contributed by atoms with Crippen molar-refractivity contribution in [3.63, 3.8) is 0 Å². The maximum Gasteiger partial charge on any atom is 0.138 e. The van der Waals surface area contributed by atoms with Crippen molar-refractivity contribution in [2.75, 3.05) is 0 Å². The van der Waals surface area contributed by atoms with E-state index in [0.29, 0.717) is 10.7 Å². The molecule has 0 saturated carbocycles. The molecule has 0 radical (unpaired) electrons. The standard InChI is InChI=1S/C13H16ClN3O/c1-13(2,3)11-10(8-18)12(14)17(16-11)9-4-6-15-7-5-9/h4-7,18H,8H2,1-3H3. The van der Waals surface area contributed by atoms with Crippen LogP contribution in [0.3, 0.4) is 0 Å². The second-order valence-corrected chi connectivity index (χ2v) is 5.50. The first-order valence-electron chi connectivity index (χ1n) is 5.74. The predicted molar refractivity (Wildman–Crippen MR) is 71.0 cm³/mol. The highest BCUT2D eigenvalue weighted by Gasteiger charge is 2.25. The molecule has 0 aliphatic rings. The number of aromatic nitrogens is 3. The monoisotopic (exact) mass is 265 g/mol. The van der Waals surface area contributed by atoms with Crippen molar-refractivity contribution in [3.8, 4) is 5.69 Å². The Bertz CT molecular complexity index is 543. The summed E-state index contributed by atoms with van der Waals surface area (Å²) in [4.78, 5) is 3.97. The van der Waals surface area contributed by atoms with Crippen molar-refractivity contribution < 1.29 is 5.11 Å². The molecule has 0 aliphatic heterocycles. The molecule has 2 aromatic rings. The average molecular weight is 266 g/mol. The first-order chi connectivity index (χ1) is 8.45. The fourth-order valence-corrected chi connectivity index (χ4v) is 2.11. The molecule has 2 rings (SSSR count). The van der Waals surface area contributed by atoms with Crippen LogP contribution in [0.2, 0.25) is 5.15 Å². The Labute approximate surface area is 111 Å². The summed E-state index contributed by atoms with van der Waals surface area (Å²) in [6.45, 7) is 6.02. The molecule has 0 atom stereocenters. The van der Waals surface area contributed by atoms with E-state index < -0.39 is 0 Å².